The number of unbranched alkanes of at least 4 members (excludes halogenated alkanes) is 4. The summed E-state index contributed by atoms with van der Waals surface area (Å²) in [6.07, 6.45) is 4.57. The van der Waals surface area contributed by atoms with Crippen molar-refractivity contribution >= 4 is 17.8 Å². The summed E-state index contributed by atoms with van der Waals surface area (Å²) in [5, 5.41) is 19.5. The largest absolute Gasteiger partial charge is 0.481 e. The van der Waals surface area contributed by atoms with Crippen LogP contribution < -0.4 is 5.32 Å². The molecule has 0 aliphatic carbocycles. The highest BCUT2D eigenvalue weighted by molar-refractivity contribution is 5.86. The quantitative estimate of drug-likeness (QED) is 0.514. The predicted octanol–water partition coefficient (Wildman–Crippen LogP) is 1.39. The van der Waals surface area contributed by atoms with Gasteiger partial charge in [0.15, 0.2) is 0 Å². The number of hydrogen-bond acceptors (Lipinski definition) is 3. The number of nitrogens with one attached hydrogen (secondary N) is 1. The molecule has 0 aromatic carbocycles. The van der Waals surface area contributed by atoms with Gasteiger partial charge in [-0.05, 0) is 6.42 Å². The van der Waals surface area contributed by atoms with E-state index in [-0.39, 0.29) is 6.42 Å². The lowest BCUT2D eigenvalue weighted by molar-refractivity contribution is -0.147. The molecule has 3 N–H and O–H groups in total. The van der Waals surface area contributed by atoms with Crippen LogP contribution in [0.1, 0.15) is 51.9 Å². The minimum atomic E-state index is -1.34. The fourth-order valence-electron chi connectivity index (χ4n) is 1.53. The molecule has 0 saturated heterocycles. The zero-order valence-corrected chi connectivity index (χ0v) is 10.6. The van der Waals surface area contributed by atoms with E-state index in [4.69, 9.17) is 10.2 Å². The fraction of sp³-hybridized carbons (Fsp3) is 0.750. The van der Waals surface area contributed by atoms with E-state index >= 15 is 0 Å². The van der Waals surface area contributed by atoms with Crippen molar-refractivity contribution in [2.75, 3.05) is 0 Å². The average molecular weight is 259 g/mol. The molecule has 0 radical (unpaired) electrons. The first-order valence-electron chi connectivity index (χ1n) is 6.21. The van der Waals surface area contributed by atoms with Crippen LogP contribution in [0.2, 0.25) is 0 Å². The normalized spacial score (nSPS) is 11.8. The van der Waals surface area contributed by atoms with Crippen molar-refractivity contribution in [2.45, 2.75) is 57.9 Å². The third-order valence-corrected chi connectivity index (χ3v) is 2.52. The van der Waals surface area contributed by atoms with Crippen LogP contribution >= 0.6 is 0 Å². The Morgan fingerprint density at radius 3 is 2.17 bits per heavy atom. The van der Waals surface area contributed by atoms with E-state index < -0.39 is 30.3 Å². The van der Waals surface area contributed by atoms with Crippen LogP contribution in [0.3, 0.4) is 0 Å². The van der Waals surface area contributed by atoms with Gasteiger partial charge in [-0.15, -0.1) is 0 Å². The van der Waals surface area contributed by atoms with E-state index in [9.17, 15) is 14.4 Å². The van der Waals surface area contributed by atoms with E-state index in [1.165, 1.54) is 0 Å². The Morgan fingerprint density at radius 1 is 1.06 bits per heavy atom. The van der Waals surface area contributed by atoms with E-state index in [0.717, 1.165) is 25.7 Å². The number of rotatable bonds is 10. The lowest BCUT2D eigenvalue weighted by Gasteiger charge is -2.12. The third kappa shape index (κ3) is 8.55. The zero-order valence-electron chi connectivity index (χ0n) is 10.6. The molecule has 1 atom stereocenters. The minimum absolute atomic E-state index is 0.243. The second kappa shape index (κ2) is 9.44. The molecule has 0 aromatic rings. The molecule has 0 unspecified atom stereocenters. The first-order valence-corrected chi connectivity index (χ1v) is 6.21. The smallest absolute Gasteiger partial charge is 0.326 e. The van der Waals surface area contributed by atoms with Gasteiger partial charge in [0.05, 0.1) is 6.42 Å². The molecule has 0 spiro atoms. The van der Waals surface area contributed by atoms with Gasteiger partial charge < -0.3 is 15.5 Å². The van der Waals surface area contributed by atoms with E-state index in [2.05, 4.69) is 12.2 Å². The van der Waals surface area contributed by atoms with Gasteiger partial charge in [0.1, 0.15) is 6.04 Å². The summed E-state index contributed by atoms with van der Waals surface area (Å²) in [5.74, 6) is -2.97. The molecule has 6 heteroatoms. The molecule has 0 aliphatic heterocycles. The minimum Gasteiger partial charge on any atom is -0.481 e. The van der Waals surface area contributed by atoms with Crippen molar-refractivity contribution < 1.29 is 24.6 Å². The van der Waals surface area contributed by atoms with Gasteiger partial charge in [0, 0.05) is 6.42 Å². The lowest BCUT2D eigenvalue weighted by atomic mass is 10.1. The molecule has 1 amide bonds. The summed E-state index contributed by atoms with van der Waals surface area (Å²) < 4.78 is 0. The van der Waals surface area contributed by atoms with Crippen LogP contribution in [-0.2, 0) is 14.4 Å². The van der Waals surface area contributed by atoms with Crippen molar-refractivity contribution in [3.63, 3.8) is 0 Å². The molecule has 0 rings (SSSR count). The first kappa shape index (κ1) is 16.4. The maximum absolute atomic E-state index is 11.4. The van der Waals surface area contributed by atoms with Gasteiger partial charge >= 0.3 is 11.9 Å². The SMILES string of the molecule is CCCCCCCC(=O)N[C@@H](CC(=O)O)C(=O)O. The van der Waals surface area contributed by atoms with Gasteiger partial charge in [-0.1, -0.05) is 32.6 Å². The highest BCUT2D eigenvalue weighted by Crippen LogP contribution is 2.05. The van der Waals surface area contributed by atoms with E-state index in [1.54, 1.807) is 0 Å². The lowest BCUT2D eigenvalue weighted by Crippen LogP contribution is -2.42. The zero-order chi connectivity index (χ0) is 14.0. The number of carbonyl (C=O) groups is 3. The number of hydrogen-bond donors (Lipinski definition) is 3. The summed E-state index contributed by atoms with van der Waals surface area (Å²) >= 11 is 0. The number of carbonyl (C=O) groups excluding carboxylic acids is 1. The highest BCUT2D eigenvalue weighted by Gasteiger charge is 2.22. The van der Waals surface area contributed by atoms with Crippen LogP contribution in [0, 0.1) is 0 Å². The molecule has 0 aromatic heterocycles. The Balaban J connectivity index is 3.88. The van der Waals surface area contributed by atoms with E-state index in [0.29, 0.717) is 6.42 Å². The van der Waals surface area contributed by atoms with Crippen LogP contribution in [-0.4, -0.2) is 34.1 Å². The monoisotopic (exact) mass is 259 g/mol. The summed E-state index contributed by atoms with van der Waals surface area (Å²) in [6.45, 7) is 2.09. The Hall–Kier alpha value is -1.59. The number of amides is 1. The second-order valence-electron chi connectivity index (χ2n) is 4.22. The average Bonchev–Trinajstić information content (AvgIpc) is 2.27. The van der Waals surface area contributed by atoms with Crippen LogP contribution in [0.4, 0.5) is 0 Å². The molecule has 0 aliphatic rings. The molecule has 0 bridgehead atoms. The van der Waals surface area contributed by atoms with Crippen LogP contribution in [0.25, 0.3) is 0 Å². The molecular weight excluding hydrogens is 238 g/mol. The second-order valence-corrected chi connectivity index (χ2v) is 4.22. The molecular formula is C12H21NO5. The van der Waals surface area contributed by atoms with Crippen LogP contribution in [0.5, 0.6) is 0 Å². The number of aliphatic carboxylic acids is 2. The summed E-state index contributed by atoms with van der Waals surface area (Å²) in [7, 11) is 0. The maximum Gasteiger partial charge on any atom is 0.326 e. The van der Waals surface area contributed by atoms with Gasteiger partial charge in [0.2, 0.25) is 5.91 Å². The fourth-order valence-corrected chi connectivity index (χ4v) is 1.53. The van der Waals surface area contributed by atoms with Crippen molar-refractivity contribution in [2.24, 2.45) is 0 Å². The maximum atomic E-state index is 11.4. The Morgan fingerprint density at radius 2 is 1.67 bits per heavy atom. The molecule has 18 heavy (non-hydrogen) atoms. The molecule has 0 saturated carbocycles. The summed E-state index contributed by atoms with van der Waals surface area (Å²) in [6, 6.07) is -1.34. The summed E-state index contributed by atoms with van der Waals surface area (Å²) in [4.78, 5) is 32.5. The molecule has 0 heterocycles. The summed E-state index contributed by atoms with van der Waals surface area (Å²) in [5.41, 5.74) is 0. The first-order chi connectivity index (χ1) is 8.47. The highest BCUT2D eigenvalue weighted by atomic mass is 16.4. The van der Waals surface area contributed by atoms with Crippen molar-refractivity contribution in [1.82, 2.24) is 5.32 Å². The van der Waals surface area contributed by atoms with Crippen molar-refractivity contribution in [3.05, 3.63) is 0 Å². The predicted molar refractivity (Wildman–Crippen MR) is 65.2 cm³/mol. The van der Waals surface area contributed by atoms with Gasteiger partial charge in [-0.25, -0.2) is 4.79 Å². The van der Waals surface area contributed by atoms with Crippen LogP contribution in [0.15, 0.2) is 0 Å². The Labute approximate surface area is 106 Å². The van der Waals surface area contributed by atoms with Crippen molar-refractivity contribution in [1.29, 1.82) is 0 Å². The van der Waals surface area contributed by atoms with Gasteiger partial charge in [-0.2, -0.15) is 0 Å². The third-order valence-electron chi connectivity index (χ3n) is 2.52. The molecule has 104 valence electrons. The molecule has 0 fully saturated rings. The standard InChI is InChI=1S/C12H21NO5/c1-2-3-4-5-6-7-10(14)13-9(12(17)18)8-11(15)16/h9H,2-8H2,1H3,(H,13,14)(H,15,16)(H,17,18)/t9-/m0/s1. The Kier molecular flexibility index (Phi) is 8.61. The van der Waals surface area contributed by atoms with Gasteiger partial charge in [0.25, 0.3) is 0 Å². The van der Waals surface area contributed by atoms with Crippen molar-refractivity contribution in [3.8, 4) is 0 Å². The Bertz CT molecular complexity index is 290. The van der Waals surface area contributed by atoms with E-state index in [1.807, 2.05) is 0 Å². The topological polar surface area (TPSA) is 104 Å². The molecule has 6 nitrogen and oxygen atoms in total. The number of carboxylic acid groups (broad SMARTS) is 2. The van der Waals surface area contributed by atoms with Gasteiger partial charge in [-0.3, -0.25) is 9.59 Å². The number of carboxylic acids is 2.